The van der Waals surface area contributed by atoms with Crippen LogP contribution in [0.4, 0.5) is 5.95 Å². The van der Waals surface area contributed by atoms with Crippen LogP contribution in [-0.4, -0.2) is 16.2 Å². The third-order valence-electron chi connectivity index (χ3n) is 2.59. The minimum absolute atomic E-state index is 0.446. The van der Waals surface area contributed by atoms with Gasteiger partial charge in [0.15, 0.2) is 0 Å². The first kappa shape index (κ1) is 13.2. The summed E-state index contributed by atoms with van der Waals surface area (Å²) in [4.78, 5) is 4.16. The summed E-state index contributed by atoms with van der Waals surface area (Å²) in [6.07, 6.45) is 0. The molecule has 2 aromatic rings. The molecular weight excluding hydrogens is 318 g/mol. The summed E-state index contributed by atoms with van der Waals surface area (Å²) in [5.41, 5.74) is 7.58. The molecule has 0 aliphatic carbocycles. The van der Waals surface area contributed by atoms with Gasteiger partial charge in [-0.25, -0.2) is 4.98 Å². The van der Waals surface area contributed by atoms with Crippen molar-refractivity contribution in [3.63, 3.8) is 0 Å². The van der Waals surface area contributed by atoms with Gasteiger partial charge in [-0.2, -0.15) is 0 Å². The molecule has 0 unspecified atom stereocenters. The van der Waals surface area contributed by atoms with Gasteiger partial charge >= 0.3 is 0 Å². The molecule has 0 saturated carbocycles. The number of nitrogens with two attached hydrogens (primary N) is 1. The molecule has 4 nitrogen and oxygen atoms in total. The molecule has 2 rings (SSSR count). The van der Waals surface area contributed by atoms with Crippen molar-refractivity contribution in [2.75, 3.05) is 12.3 Å². The fourth-order valence-corrected chi connectivity index (χ4v) is 2.63. The topological polar surface area (TPSA) is 53.1 Å². The maximum Gasteiger partial charge on any atom is 0.201 e. The van der Waals surface area contributed by atoms with E-state index < -0.39 is 0 Å². The maximum atomic E-state index is 6.17. The van der Waals surface area contributed by atoms with Gasteiger partial charge in [0.05, 0.1) is 17.3 Å². The zero-order chi connectivity index (χ0) is 13.3. The van der Waals surface area contributed by atoms with Gasteiger partial charge in [-0.15, -0.1) is 0 Å². The van der Waals surface area contributed by atoms with E-state index in [9.17, 15) is 0 Å². The van der Waals surface area contributed by atoms with Crippen LogP contribution in [0.1, 0.15) is 6.92 Å². The number of hydrogen-bond donors (Lipinski definition) is 1. The summed E-state index contributed by atoms with van der Waals surface area (Å²) < 4.78 is 7.90. The summed E-state index contributed by atoms with van der Waals surface area (Å²) in [5.74, 6) is 1.12. The molecule has 0 saturated heterocycles. The highest BCUT2D eigenvalue weighted by molar-refractivity contribution is 9.10. The largest absolute Gasteiger partial charge is 0.492 e. The Bertz CT molecular complexity index is 583. The Morgan fingerprint density at radius 1 is 1.50 bits per heavy atom. The number of nitrogens with zero attached hydrogens (tertiary/aromatic N) is 2. The van der Waals surface area contributed by atoms with Crippen molar-refractivity contribution < 1.29 is 4.74 Å². The van der Waals surface area contributed by atoms with Crippen molar-refractivity contribution >= 4 is 33.5 Å². The number of halogens is 2. The van der Waals surface area contributed by atoms with E-state index in [2.05, 4.69) is 20.9 Å². The molecule has 6 heteroatoms. The van der Waals surface area contributed by atoms with Crippen molar-refractivity contribution in [3.8, 4) is 17.0 Å². The van der Waals surface area contributed by atoms with Gasteiger partial charge in [0, 0.05) is 12.6 Å². The minimum atomic E-state index is 0.446. The summed E-state index contributed by atoms with van der Waals surface area (Å²) in [5, 5.41) is 0.570. The summed E-state index contributed by atoms with van der Waals surface area (Å²) in [6.45, 7) is 2.50. The fraction of sp³-hybridized carbons (Fsp3) is 0.250. The van der Waals surface area contributed by atoms with E-state index in [1.807, 2.05) is 32.2 Å². The van der Waals surface area contributed by atoms with E-state index in [4.69, 9.17) is 22.1 Å². The van der Waals surface area contributed by atoms with E-state index >= 15 is 0 Å². The number of aromatic nitrogens is 2. The Balaban J connectivity index is 2.49. The van der Waals surface area contributed by atoms with Gasteiger partial charge in [0.25, 0.3) is 0 Å². The zero-order valence-corrected chi connectivity index (χ0v) is 12.4. The van der Waals surface area contributed by atoms with Crippen LogP contribution in [0.25, 0.3) is 11.3 Å². The highest BCUT2D eigenvalue weighted by Crippen LogP contribution is 2.34. The van der Waals surface area contributed by atoms with E-state index in [0.717, 1.165) is 11.3 Å². The van der Waals surface area contributed by atoms with Crippen LogP contribution in [0.15, 0.2) is 22.8 Å². The molecular formula is C12H13BrClN3O. The third-order valence-corrected chi connectivity index (χ3v) is 3.44. The third kappa shape index (κ3) is 2.33. The van der Waals surface area contributed by atoms with E-state index in [1.54, 1.807) is 4.57 Å². The summed E-state index contributed by atoms with van der Waals surface area (Å²) in [6, 6.07) is 5.61. The quantitative estimate of drug-likeness (QED) is 0.937. The maximum absolute atomic E-state index is 6.17. The monoisotopic (exact) mass is 329 g/mol. The number of nitrogen functional groups attached to an aromatic ring is 1. The minimum Gasteiger partial charge on any atom is -0.492 e. The van der Waals surface area contributed by atoms with Crippen LogP contribution in [-0.2, 0) is 7.05 Å². The molecule has 0 atom stereocenters. The first-order valence-corrected chi connectivity index (χ1v) is 6.62. The molecule has 96 valence electrons. The van der Waals surface area contributed by atoms with Crippen LogP contribution in [0.3, 0.4) is 0 Å². The Morgan fingerprint density at radius 2 is 2.22 bits per heavy atom. The van der Waals surface area contributed by atoms with Crippen molar-refractivity contribution in [2.45, 2.75) is 6.92 Å². The number of benzene rings is 1. The van der Waals surface area contributed by atoms with Crippen LogP contribution in [0, 0.1) is 0 Å². The molecule has 0 spiro atoms. The summed E-state index contributed by atoms with van der Waals surface area (Å²) in [7, 11) is 1.85. The number of imidazole rings is 1. The van der Waals surface area contributed by atoms with E-state index in [0.29, 0.717) is 27.9 Å². The van der Waals surface area contributed by atoms with Crippen LogP contribution < -0.4 is 10.5 Å². The Morgan fingerprint density at radius 3 is 2.72 bits per heavy atom. The number of hydrogen-bond acceptors (Lipinski definition) is 3. The molecule has 0 radical (unpaired) electrons. The van der Waals surface area contributed by atoms with Gasteiger partial charge in [0.2, 0.25) is 5.95 Å². The van der Waals surface area contributed by atoms with Crippen molar-refractivity contribution in [1.82, 2.24) is 9.55 Å². The van der Waals surface area contributed by atoms with E-state index in [1.165, 1.54) is 0 Å². The van der Waals surface area contributed by atoms with Gasteiger partial charge in [-0.1, -0.05) is 11.6 Å². The molecule has 2 N–H and O–H groups in total. The predicted octanol–water partition coefficient (Wildman–Crippen LogP) is 3.48. The molecule has 1 aromatic carbocycles. The predicted molar refractivity (Wildman–Crippen MR) is 76.9 cm³/mol. The number of ether oxygens (including phenoxy) is 1. The normalized spacial score (nSPS) is 10.7. The first-order chi connectivity index (χ1) is 8.54. The van der Waals surface area contributed by atoms with Gasteiger partial charge in [0.1, 0.15) is 10.4 Å². The van der Waals surface area contributed by atoms with Crippen LogP contribution in [0.2, 0.25) is 5.02 Å². The molecule has 0 aliphatic rings. The second-order valence-electron chi connectivity index (χ2n) is 3.75. The fourth-order valence-electron chi connectivity index (χ4n) is 1.71. The van der Waals surface area contributed by atoms with Crippen molar-refractivity contribution in [1.29, 1.82) is 0 Å². The van der Waals surface area contributed by atoms with Crippen LogP contribution >= 0.6 is 27.5 Å². The van der Waals surface area contributed by atoms with Gasteiger partial charge in [-0.05, 0) is 41.1 Å². The number of anilines is 1. The van der Waals surface area contributed by atoms with Gasteiger partial charge < -0.3 is 15.0 Å². The number of rotatable bonds is 3. The average molecular weight is 331 g/mol. The SMILES string of the molecule is CCOc1ccc(-c2c(Br)nc(N)n2C)cc1Cl. The smallest absolute Gasteiger partial charge is 0.201 e. The zero-order valence-electron chi connectivity index (χ0n) is 10.1. The first-order valence-electron chi connectivity index (χ1n) is 5.45. The highest BCUT2D eigenvalue weighted by atomic mass is 79.9. The molecule has 0 fully saturated rings. The lowest BCUT2D eigenvalue weighted by atomic mass is 10.1. The second kappa shape index (κ2) is 5.20. The summed E-state index contributed by atoms with van der Waals surface area (Å²) >= 11 is 9.56. The lowest BCUT2D eigenvalue weighted by Crippen LogP contribution is -1.99. The van der Waals surface area contributed by atoms with Crippen LogP contribution in [0.5, 0.6) is 5.75 Å². The standard InChI is InChI=1S/C12H13BrClN3O/c1-3-18-9-5-4-7(6-8(9)14)10-11(13)16-12(15)17(10)2/h4-6H,3H2,1-2H3,(H2,15,16). The average Bonchev–Trinajstić information content (AvgIpc) is 2.56. The second-order valence-corrected chi connectivity index (χ2v) is 4.90. The van der Waals surface area contributed by atoms with Crippen molar-refractivity contribution in [3.05, 3.63) is 27.8 Å². The molecule has 0 aliphatic heterocycles. The van der Waals surface area contributed by atoms with Gasteiger partial charge in [-0.3, -0.25) is 0 Å². The highest BCUT2D eigenvalue weighted by Gasteiger charge is 2.14. The molecule has 0 amide bonds. The molecule has 18 heavy (non-hydrogen) atoms. The Kier molecular flexibility index (Phi) is 3.82. The molecule has 1 heterocycles. The Hall–Kier alpha value is -1.20. The van der Waals surface area contributed by atoms with E-state index in [-0.39, 0.29) is 0 Å². The Labute approximate surface area is 119 Å². The lowest BCUT2D eigenvalue weighted by Gasteiger charge is -2.09. The lowest BCUT2D eigenvalue weighted by molar-refractivity contribution is 0.340. The molecule has 1 aromatic heterocycles. The van der Waals surface area contributed by atoms with Crippen molar-refractivity contribution in [2.24, 2.45) is 7.05 Å². The molecule has 0 bridgehead atoms.